The number of hydrazone groups is 1. The third-order valence-corrected chi connectivity index (χ3v) is 5.17. The second-order valence-electron chi connectivity index (χ2n) is 5.81. The van der Waals surface area contributed by atoms with Crippen molar-refractivity contribution in [2.24, 2.45) is 5.10 Å². The van der Waals surface area contributed by atoms with Crippen molar-refractivity contribution in [3.05, 3.63) is 68.6 Å². The van der Waals surface area contributed by atoms with E-state index in [1.807, 2.05) is 49.6 Å². The maximum atomic E-state index is 6.45. The van der Waals surface area contributed by atoms with E-state index in [4.69, 9.17) is 32.7 Å². The number of hydrogen-bond acceptors (Lipinski definition) is 6. The van der Waals surface area contributed by atoms with Gasteiger partial charge in [-0.15, -0.1) is 11.3 Å². The fourth-order valence-corrected chi connectivity index (χ4v) is 3.50. The summed E-state index contributed by atoms with van der Waals surface area (Å²) in [4.78, 5) is 4.29. The first-order valence-electron chi connectivity index (χ1n) is 8.60. The quantitative estimate of drug-likeness (QED) is 0.338. The molecule has 3 rings (SSSR count). The molecule has 0 spiro atoms. The number of hydrogen-bond donors (Lipinski definition) is 1. The lowest BCUT2D eigenvalue weighted by atomic mass is 10.2. The van der Waals surface area contributed by atoms with Gasteiger partial charge in [-0.1, -0.05) is 41.4 Å². The van der Waals surface area contributed by atoms with Gasteiger partial charge in [-0.25, -0.2) is 4.98 Å². The highest BCUT2D eigenvalue weighted by molar-refractivity contribution is 7.13. The maximum absolute atomic E-state index is 6.45. The van der Waals surface area contributed by atoms with Crippen LogP contribution in [-0.2, 0) is 6.61 Å². The number of ether oxygens (including phenoxy) is 2. The molecule has 1 N–H and O–H groups in total. The van der Waals surface area contributed by atoms with Crippen molar-refractivity contribution in [3.8, 4) is 11.5 Å². The highest BCUT2D eigenvalue weighted by Gasteiger charge is 2.13. The van der Waals surface area contributed by atoms with Gasteiger partial charge in [0.05, 0.1) is 23.5 Å². The van der Waals surface area contributed by atoms with Gasteiger partial charge in [0.25, 0.3) is 0 Å². The largest absolute Gasteiger partial charge is 0.490 e. The fraction of sp³-hybridized carbons (Fsp3) is 0.200. The van der Waals surface area contributed by atoms with Gasteiger partial charge < -0.3 is 9.47 Å². The van der Waals surface area contributed by atoms with E-state index in [1.54, 1.807) is 12.3 Å². The molecule has 8 heteroatoms. The van der Waals surface area contributed by atoms with Crippen LogP contribution in [0.1, 0.15) is 23.7 Å². The molecular weight excluding hydrogens is 417 g/mol. The van der Waals surface area contributed by atoms with E-state index in [1.165, 1.54) is 11.3 Å². The molecule has 2 aromatic carbocycles. The number of anilines is 1. The Hall–Kier alpha value is -2.28. The Morgan fingerprint density at radius 3 is 2.71 bits per heavy atom. The summed E-state index contributed by atoms with van der Waals surface area (Å²) in [5.74, 6) is 1.03. The first-order chi connectivity index (χ1) is 13.6. The molecule has 0 atom stereocenters. The molecule has 146 valence electrons. The van der Waals surface area contributed by atoms with Crippen molar-refractivity contribution in [3.63, 3.8) is 0 Å². The molecule has 0 fully saturated rings. The number of rotatable bonds is 8. The molecule has 28 heavy (non-hydrogen) atoms. The number of aromatic nitrogens is 1. The summed E-state index contributed by atoms with van der Waals surface area (Å²) in [5.41, 5.74) is 5.50. The van der Waals surface area contributed by atoms with Crippen LogP contribution in [0.25, 0.3) is 0 Å². The summed E-state index contributed by atoms with van der Waals surface area (Å²) >= 11 is 14.1. The Labute approximate surface area is 177 Å². The number of thiazole rings is 1. The zero-order valence-corrected chi connectivity index (χ0v) is 17.7. The molecule has 0 bridgehead atoms. The van der Waals surface area contributed by atoms with Crippen LogP contribution in [0.2, 0.25) is 10.0 Å². The van der Waals surface area contributed by atoms with Gasteiger partial charge >= 0.3 is 0 Å². The van der Waals surface area contributed by atoms with Crippen molar-refractivity contribution >= 4 is 45.9 Å². The van der Waals surface area contributed by atoms with Crippen LogP contribution in [0.5, 0.6) is 11.5 Å². The molecule has 0 radical (unpaired) electrons. The Morgan fingerprint density at radius 2 is 2.00 bits per heavy atom. The molecule has 3 aromatic rings. The number of nitrogens with one attached hydrogen (secondary N) is 1. The third kappa shape index (κ3) is 5.38. The van der Waals surface area contributed by atoms with E-state index in [-0.39, 0.29) is 6.61 Å². The average molecular weight is 436 g/mol. The lowest BCUT2D eigenvalue weighted by Crippen LogP contribution is -2.02. The second kappa shape index (κ2) is 9.78. The monoisotopic (exact) mass is 435 g/mol. The first kappa shape index (κ1) is 20.5. The van der Waals surface area contributed by atoms with Crippen molar-refractivity contribution in [2.75, 3.05) is 12.0 Å². The molecule has 0 amide bonds. The van der Waals surface area contributed by atoms with Crippen molar-refractivity contribution in [1.82, 2.24) is 4.98 Å². The Morgan fingerprint density at radius 1 is 1.18 bits per heavy atom. The molecule has 0 saturated carbocycles. The zero-order valence-electron chi connectivity index (χ0n) is 15.4. The molecule has 1 heterocycles. The van der Waals surface area contributed by atoms with Gasteiger partial charge in [0.2, 0.25) is 5.13 Å². The summed E-state index contributed by atoms with van der Waals surface area (Å²) in [6, 6.07) is 11.1. The lowest BCUT2D eigenvalue weighted by Gasteiger charge is -2.15. The number of benzene rings is 2. The highest BCUT2D eigenvalue weighted by Crippen LogP contribution is 2.37. The van der Waals surface area contributed by atoms with E-state index in [2.05, 4.69) is 15.5 Å². The Bertz CT molecular complexity index is 976. The fourth-order valence-electron chi connectivity index (χ4n) is 2.40. The molecule has 0 aliphatic carbocycles. The second-order valence-corrected chi connectivity index (χ2v) is 7.48. The standard InChI is InChI=1S/C20H19Cl2N3O2S/c1-3-26-18-9-14(10-23-25-20-24-13(2)12-28-20)8-17(22)19(18)27-11-15-6-4-5-7-16(15)21/h4-10,12H,3,11H2,1-2H3,(H,24,25). The van der Waals surface area contributed by atoms with Crippen LogP contribution in [0.3, 0.4) is 0 Å². The molecule has 0 aliphatic rings. The summed E-state index contributed by atoms with van der Waals surface area (Å²) < 4.78 is 11.6. The van der Waals surface area contributed by atoms with Gasteiger partial charge in [0.15, 0.2) is 11.5 Å². The first-order valence-corrected chi connectivity index (χ1v) is 10.2. The molecule has 5 nitrogen and oxygen atoms in total. The lowest BCUT2D eigenvalue weighted by molar-refractivity contribution is 0.269. The number of aryl methyl sites for hydroxylation is 1. The van der Waals surface area contributed by atoms with Crippen LogP contribution in [-0.4, -0.2) is 17.8 Å². The zero-order chi connectivity index (χ0) is 19.9. The summed E-state index contributed by atoms with van der Waals surface area (Å²) in [6.45, 7) is 4.60. The van der Waals surface area contributed by atoms with Crippen molar-refractivity contribution < 1.29 is 9.47 Å². The normalized spacial score (nSPS) is 11.0. The molecule has 1 aromatic heterocycles. The number of halogens is 2. The van der Waals surface area contributed by atoms with Crippen LogP contribution in [0, 0.1) is 6.92 Å². The highest BCUT2D eigenvalue weighted by atomic mass is 35.5. The predicted molar refractivity (Wildman–Crippen MR) is 116 cm³/mol. The molecule has 0 aliphatic heterocycles. The van der Waals surface area contributed by atoms with E-state index in [9.17, 15) is 0 Å². The summed E-state index contributed by atoms with van der Waals surface area (Å²) in [5, 5.41) is 7.96. The van der Waals surface area contributed by atoms with E-state index in [0.717, 1.165) is 22.0 Å². The van der Waals surface area contributed by atoms with Gasteiger partial charge in [-0.2, -0.15) is 5.10 Å². The summed E-state index contributed by atoms with van der Waals surface area (Å²) in [6.07, 6.45) is 1.66. The minimum Gasteiger partial charge on any atom is -0.490 e. The van der Waals surface area contributed by atoms with Gasteiger partial charge in [-0.3, -0.25) is 5.43 Å². The van der Waals surface area contributed by atoms with Gasteiger partial charge in [0.1, 0.15) is 6.61 Å². The smallest absolute Gasteiger partial charge is 0.203 e. The van der Waals surface area contributed by atoms with Crippen LogP contribution in [0.15, 0.2) is 46.9 Å². The maximum Gasteiger partial charge on any atom is 0.203 e. The number of nitrogens with zero attached hydrogens (tertiary/aromatic N) is 2. The van der Waals surface area contributed by atoms with Crippen LogP contribution in [0.4, 0.5) is 5.13 Å². The van der Waals surface area contributed by atoms with E-state index >= 15 is 0 Å². The Balaban J connectivity index is 1.76. The van der Waals surface area contributed by atoms with Gasteiger partial charge in [0, 0.05) is 16.0 Å². The predicted octanol–water partition coefficient (Wildman–Crippen LogP) is 6.18. The van der Waals surface area contributed by atoms with Crippen molar-refractivity contribution in [2.45, 2.75) is 20.5 Å². The minimum atomic E-state index is 0.290. The van der Waals surface area contributed by atoms with E-state index in [0.29, 0.717) is 28.2 Å². The Kier molecular flexibility index (Phi) is 7.14. The molecule has 0 unspecified atom stereocenters. The van der Waals surface area contributed by atoms with Gasteiger partial charge in [-0.05, 0) is 37.6 Å². The SMILES string of the molecule is CCOc1cc(C=NNc2nc(C)cs2)cc(Cl)c1OCc1ccccc1Cl. The average Bonchev–Trinajstić information content (AvgIpc) is 3.08. The molecular formula is C20H19Cl2N3O2S. The molecule has 0 saturated heterocycles. The van der Waals surface area contributed by atoms with Crippen LogP contribution < -0.4 is 14.9 Å². The third-order valence-electron chi connectivity index (χ3n) is 3.65. The van der Waals surface area contributed by atoms with Crippen molar-refractivity contribution in [1.29, 1.82) is 0 Å². The summed E-state index contributed by atoms with van der Waals surface area (Å²) in [7, 11) is 0. The topological polar surface area (TPSA) is 55.7 Å². The van der Waals surface area contributed by atoms with E-state index < -0.39 is 0 Å². The minimum absolute atomic E-state index is 0.290. The van der Waals surface area contributed by atoms with Crippen LogP contribution >= 0.6 is 34.5 Å².